The third-order valence-electron chi connectivity index (χ3n) is 5.56. The van der Waals surface area contributed by atoms with Gasteiger partial charge in [0, 0.05) is 17.2 Å². The fourth-order valence-electron chi connectivity index (χ4n) is 3.70. The van der Waals surface area contributed by atoms with Gasteiger partial charge in [0.05, 0.1) is 30.8 Å². The van der Waals surface area contributed by atoms with Crippen LogP contribution in [0.5, 0.6) is 5.75 Å². The number of hydrogen-bond donors (Lipinski definition) is 0. The largest absolute Gasteiger partial charge is 0.497 e. The molecule has 0 bridgehead atoms. The highest BCUT2D eigenvalue weighted by Crippen LogP contribution is 2.31. The van der Waals surface area contributed by atoms with Crippen LogP contribution >= 0.6 is 0 Å². The molecule has 3 aromatic carbocycles. The molecule has 0 aliphatic carbocycles. The summed E-state index contributed by atoms with van der Waals surface area (Å²) in [5, 5.41) is 4.95. The van der Waals surface area contributed by atoms with E-state index >= 15 is 0 Å². The SMILES string of the molecule is CCOC(=O)C=C(c1ccc(C)cc1)c1cc(-c2ccc(C)cc2)n(-c2ccc(OC)cc2)n1. The molecule has 0 N–H and O–H groups in total. The number of rotatable bonds is 7. The lowest BCUT2D eigenvalue weighted by molar-refractivity contribution is -0.137. The summed E-state index contributed by atoms with van der Waals surface area (Å²) in [6, 6.07) is 26.1. The van der Waals surface area contributed by atoms with E-state index in [-0.39, 0.29) is 0 Å². The van der Waals surface area contributed by atoms with Crippen molar-refractivity contribution in [2.45, 2.75) is 20.8 Å². The van der Waals surface area contributed by atoms with E-state index in [1.54, 1.807) is 14.0 Å². The van der Waals surface area contributed by atoms with Gasteiger partial charge in [-0.2, -0.15) is 5.10 Å². The Bertz CT molecular complexity index is 1300. The quantitative estimate of drug-likeness (QED) is 0.249. The summed E-state index contributed by atoms with van der Waals surface area (Å²) in [4.78, 5) is 12.5. The lowest BCUT2D eigenvalue weighted by atomic mass is 10.00. The van der Waals surface area contributed by atoms with Crippen LogP contribution < -0.4 is 4.74 Å². The van der Waals surface area contributed by atoms with Gasteiger partial charge in [-0.25, -0.2) is 9.48 Å². The monoisotopic (exact) mass is 452 g/mol. The number of ether oxygens (including phenoxy) is 2. The van der Waals surface area contributed by atoms with Gasteiger partial charge >= 0.3 is 5.97 Å². The normalized spacial score (nSPS) is 11.4. The average molecular weight is 453 g/mol. The standard InChI is InChI=1S/C29H28N2O3/c1-5-34-29(32)18-26(22-10-6-20(2)7-11-22)27-19-28(23-12-8-21(3)9-13-23)31(30-27)24-14-16-25(33-4)17-15-24/h6-19H,5H2,1-4H3. The van der Waals surface area contributed by atoms with E-state index in [0.717, 1.165) is 33.8 Å². The van der Waals surface area contributed by atoms with Crippen molar-refractivity contribution in [2.24, 2.45) is 0 Å². The van der Waals surface area contributed by atoms with E-state index in [9.17, 15) is 4.79 Å². The van der Waals surface area contributed by atoms with Crippen molar-refractivity contribution in [1.82, 2.24) is 9.78 Å². The molecule has 4 rings (SSSR count). The maximum absolute atomic E-state index is 12.5. The first-order chi connectivity index (χ1) is 16.5. The van der Waals surface area contributed by atoms with Crippen LogP contribution in [0, 0.1) is 13.8 Å². The van der Waals surface area contributed by atoms with Crippen molar-refractivity contribution in [3.05, 3.63) is 107 Å². The molecule has 34 heavy (non-hydrogen) atoms. The molecule has 0 spiro atoms. The molecule has 0 amide bonds. The highest BCUT2D eigenvalue weighted by molar-refractivity contribution is 5.96. The number of carbonyl (C=O) groups excluding carboxylic acids is 1. The Balaban J connectivity index is 1.90. The fourth-order valence-corrected chi connectivity index (χ4v) is 3.70. The minimum atomic E-state index is -0.394. The second-order valence-corrected chi connectivity index (χ2v) is 8.07. The molecular formula is C29H28N2O3. The zero-order valence-electron chi connectivity index (χ0n) is 19.9. The van der Waals surface area contributed by atoms with E-state index in [1.807, 2.05) is 66.2 Å². The first kappa shape index (κ1) is 23.1. The van der Waals surface area contributed by atoms with Gasteiger partial charge in [0.15, 0.2) is 0 Å². The topological polar surface area (TPSA) is 53.4 Å². The van der Waals surface area contributed by atoms with Crippen LogP contribution in [0.4, 0.5) is 0 Å². The van der Waals surface area contributed by atoms with Crippen molar-refractivity contribution in [1.29, 1.82) is 0 Å². The summed E-state index contributed by atoms with van der Waals surface area (Å²) < 4.78 is 12.4. The van der Waals surface area contributed by atoms with Crippen LogP contribution in [0.1, 0.15) is 29.3 Å². The van der Waals surface area contributed by atoms with Crippen LogP contribution in [0.3, 0.4) is 0 Å². The first-order valence-electron chi connectivity index (χ1n) is 11.3. The molecule has 172 valence electrons. The average Bonchev–Trinajstić information content (AvgIpc) is 3.29. The van der Waals surface area contributed by atoms with Crippen molar-refractivity contribution >= 4 is 11.5 Å². The number of aromatic nitrogens is 2. The molecule has 0 fully saturated rings. The maximum Gasteiger partial charge on any atom is 0.331 e. The Morgan fingerprint density at radius 1 is 0.912 bits per heavy atom. The number of esters is 1. The van der Waals surface area contributed by atoms with Crippen molar-refractivity contribution in [3.8, 4) is 22.7 Å². The molecule has 0 unspecified atom stereocenters. The van der Waals surface area contributed by atoms with Gasteiger partial charge in [0.1, 0.15) is 5.75 Å². The van der Waals surface area contributed by atoms with Gasteiger partial charge in [-0.3, -0.25) is 0 Å². The first-order valence-corrected chi connectivity index (χ1v) is 11.3. The highest BCUT2D eigenvalue weighted by atomic mass is 16.5. The highest BCUT2D eigenvalue weighted by Gasteiger charge is 2.17. The van der Waals surface area contributed by atoms with Crippen molar-refractivity contribution < 1.29 is 14.3 Å². The summed E-state index contributed by atoms with van der Waals surface area (Å²) in [5.41, 5.74) is 7.45. The fraction of sp³-hybridized carbons (Fsp3) is 0.172. The number of benzene rings is 3. The molecule has 0 radical (unpaired) electrons. The Hall–Kier alpha value is -4.12. The molecule has 0 saturated carbocycles. The number of nitrogens with zero attached hydrogens (tertiary/aromatic N) is 2. The zero-order valence-corrected chi connectivity index (χ0v) is 19.9. The van der Waals surface area contributed by atoms with E-state index in [1.165, 1.54) is 11.6 Å². The molecule has 1 aromatic heterocycles. The van der Waals surface area contributed by atoms with Crippen LogP contribution in [0.15, 0.2) is 84.9 Å². The van der Waals surface area contributed by atoms with Crippen LogP contribution in [-0.4, -0.2) is 29.5 Å². The molecule has 0 aliphatic rings. The molecule has 5 heteroatoms. The van der Waals surface area contributed by atoms with Gasteiger partial charge in [0.2, 0.25) is 0 Å². The zero-order chi connectivity index (χ0) is 24.1. The number of aryl methyl sites for hydroxylation is 2. The van der Waals surface area contributed by atoms with Crippen LogP contribution in [-0.2, 0) is 9.53 Å². The Labute approximate surface area is 200 Å². The third-order valence-corrected chi connectivity index (χ3v) is 5.56. The van der Waals surface area contributed by atoms with Gasteiger partial charge < -0.3 is 9.47 Å². The Morgan fingerprint density at radius 3 is 2.12 bits per heavy atom. The number of carbonyl (C=O) groups is 1. The van der Waals surface area contributed by atoms with Gasteiger partial charge in [-0.15, -0.1) is 0 Å². The molecule has 4 aromatic rings. The minimum absolute atomic E-state index is 0.311. The Morgan fingerprint density at radius 2 is 1.53 bits per heavy atom. The molecule has 0 aliphatic heterocycles. The third kappa shape index (κ3) is 5.09. The summed E-state index contributed by atoms with van der Waals surface area (Å²) >= 11 is 0. The molecule has 0 atom stereocenters. The molecule has 0 saturated heterocycles. The smallest absolute Gasteiger partial charge is 0.331 e. The predicted molar refractivity (Wildman–Crippen MR) is 135 cm³/mol. The van der Waals surface area contributed by atoms with Gasteiger partial charge in [-0.05, 0) is 56.7 Å². The van der Waals surface area contributed by atoms with E-state index in [2.05, 4.69) is 31.2 Å². The van der Waals surface area contributed by atoms with Gasteiger partial charge in [-0.1, -0.05) is 59.7 Å². The number of methoxy groups -OCH3 is 1. The second-order valence-electron chi connectivity index (χ2n) is 8.07. The lowest BCUT2D eigenvalue weighted by Gasteiger charge is -2.09. The summed E-state index contributed by atoms with van der Waals surface area (Å²) in [5.74, 6) is 0.379. The molecular weight excluding hydrogens is 424 g/mol. The predicted octanol–water partition coefficient (Wildman–Crippen LogP) is 6.16. The van der Waals surface area contributed by atoms with Gasteiger partial charge in [0.25, 0.3) is 0 Å². The van der Waals surface area contributed by atoms with E-state index in [4.69, 9.17) is 14.6 Å². The van der Waals surface area contributed by atoms with Crippen LogP contribution in [0.2, 0.25) is 0 Å². The summed E-state index contributed by atoms with van der Waals surface area (Å²) in [6.07, 6.45) is 1.52. The summed E-state index contributed by atoms with van der Waals surface area (Å²) in [7, 11) is 1.65. The van der Waals surface area contributed by atoms with E-state index in [0.29, 0.717) is 17.9 Å². The second kappa shape index (κ2) is 10.2. The van der Waals surface area contributed by atoms with E-state index < -0.39 is 5.97 Å². The molecule has 1 heterocycles. The van der Waals surface area contributed by atoms with Crippen molar-refractivity contribution in [3.63, 3.8) is 0 Å². The maximum atomic E-state index is 12.5. The lowest BCUT2D eigenvalue weighted by Crippen LogP contribution is -2.03. The molecule has 5 nitrogen and oxygen atoms in total. The minimum Gasteiger partial charge on any atom is -0.497 e. The van der Waals surface area contributed by atoms with Crippen molar-refractivity contribution in [2.75, 3.05) is 13.7 Å². The number of hydrogen-bond acceptors (Lipinski definition) is 4. The van der Waals surface area contributed by atoms with Crippen LogP contribution in [0.25, 0.3) is 22.5 Å². The summed E-state index contributed by atoms with van der Waals surface area (Å²) in [6.45, 7) is 6.20. The Kier molecular flexibility index (Phi) is 6.93.